The summed E-state index contributed by atoms with van der Waals surface area (Å²) in [6.07, 6.45) is 4.26. The molecule has 2 saturated heterocycles. The predicted octanol–water partition coefficient (Wildman–Crippen LogP) is 3.28. The summed E-state index contributed by atoms with van der Waals surface area (Å²) in [5, 5.41) is 3.63. The molecule has 3 aliphatic heterocycles. The van der Waals surface area contributed by atoms with E-state index in [0.717, 1.165) is 42.5 Å². The lowest BCUT2D eigenvalue weighted by Crippen LogP contribution is -2.51. The van der Waals surface area contributed by atoms with Crippen molar-refractivity contribution in [2.75, 3.05) is 23.3 Å². The van der Waals surface area contributed by atoms with E-state index in [9.17, 15) is 0 Å². The largest absolute Gasteiger partial charge is 0.380 e. The van der Waals surface area contributed by atoms with Gasteiger partial charge in [-0.15, -0.1) is 0 Å². The standard InChI is InChI=1S/C18H28N4O/c1-10(2)15-16-18(21-17(20-15)11(3)4)22-9-12-5-6-14(23-12)13(22)7-8-19-16/h10-14,19H,5-9H2,1-4H3. The zero-order valence-electron chi connectivity index (χ0n) is 14.7. The summed E-state index contributed by atoms with van der Waals surface area (Å²) in [5.74, 6) is 2.83. The fourth-order valence-electron chi connectivity index (χ4n) is 4.17. The summed E-state index contributed by atoms with van der Waals surface area (Å²) in [7, 11) is 0. The van der Waals surface area contributed by atoms with Gasteiger partial charge in [-0.25, -0.2) is 9.97 Å². The second-order valence-electron chi connectivity index (χ2n) is 7.78. The van der Waals surface area contributed by atoms with Gasteiger partial charge < -0.3 is 15.0 Å². The monoisotopic (exact) mass is 316 g/mol. The summed E-state index contributed by atoms with van der Waals surface area (Å²) >= 11 is 0. The van der Waals surface area contributed by atoms with Crippen molar-refractivity contribution in [1.29, 1.82) is 0 Å². The molecule has 1 aromatic heterocycles. The second kappa shape index (κ2) is 5.62. The van der Waals surface area contributed by atoms with Crippen molar-refractivity contribution in [2.24, 2.45) is 0 Å². The highest BCUT2D eigenvalue weighted by atomic mass is 16.5. The molecular weight excluding hydrogens is 288 g/mol. The molecule has 23 heavy (non-hydrogen) atoms. The van der Waals surface area contributed by atoms with Crippen molar-refractivity contribution in [2.45, 2.75) is 77.0 Å². The highest BCUT2D eigenvalue weighted by molar-refractivity contribution is 5.71. The molecule has 0 spiro atoms. The van der Waals surface area contributed by atoms with Crippen LogP contribution >= 0.6 is 0 Å². The van der Waals surface area contributed by atoms with E-state index in [0.29, 0.717) is 30.1 Å². The molecular formula is C18H28N4O. The Morgan fingerprint density at radius 2 is 1.91 bits per heavy atom. The van der Waals surface area contributed by atoms with Crippen LogP contribution in [0.2, 0.25) is 0 Å². The number of nitrogens with zero attached hydrogens (tertiary/aromatic N) is 3. The number of aromatic nitrogens is 2. The first-order valence-corrected chi connectivity index (χ1v) is 9.12. The van der Waals surface area contributed by atoms with Crippen LogP contribution in [0.3, 0.4) is 0 Å². The molecule has 0 amide bonds. The summed E-state index contributed by atoms with van der Waals surface area (Å²) in [5.41, 5.74) is 2.33. The minimum Gasteiger partial charge on any atom is -0.380 e. The molecule has 1 aromatic rings. The number of ether oxygens (including phenoxy) is 1. The number of fused-ring (bicyclic) bond motifs is 6. The minimum absolute atomic E-state index is 0.345. The Morgan fingerprint density at radius 3 is 2.65 bits per heavy atom. The highest BCUT2D eigenvalue weighted by Gasteiger charge is 2.44. The number of hydrogen-bond donors (Lipinski definition) is 1. The number of hydrogen-bond acceptors (Lipinski definition) is 5. The van der Waals surface area contributed by atoms with Crippen LogP contribution in [0, 0.1) is 0 Å². The van der Waals surface area contributed by atoms with Gasteiger partial charge in [0.2, 0.25) is 0 Å². The Hall–Kier alpha value is -1.36. The molecule has 0 saturated carbocycles. The molecule has 3 aliphatic rings. The van der Waals surface area contributed by atoms with Crippen LogP contribution in [0.25, 0.3) is 0 Å². The molecule has 2 bridgehead atoms. The Labute approximate surface area is 138 Å². The lowest BCUT2D eigenvalue weighted by atomic mass is 10.0. The van der Waals surface area contributed by atoms with Gasteiger partial charge in [0.05, 0.1) is 29.6 Å². The molecule has 4 rings (SSSR count). The molecule has 0 aromatic carbocycles. The van der Waals surface area contributed by atoms with Crippen LogP contribution in [-0.2, 0) is 4.74 Å². The third-order valence-electron chi connectivity index (χ3n) is 5.38. The number of rotatable bonds is 2. The van der Waals surface area contributed by atoms with Crippen molar-refractivity contribution in [3.63, 3.8) is 0 Å². The quantitative estimate of drug-likeness (QED) is 0.907. The molecule has 4 heterocycles. The fourth-order valence-corrected chi connectivity index (χ4v) is 4.17. The fraction of sp³-hybridized carbons (Fsp3) is 0.778. The average Bonchev–Trinajstić information content (AvgIpc) is 2.80. The molecule has 3 unspecified atom stereocenters. The summed E-state index contributed by atoms with van der Waals surface area (Å²) < 4.78 is 6.18. The van der Waals surface area contributed by atoms with Crippen LogP contribution in [-0.4, -0.2) is 41.3 Å². The van der Waals surface area contributed by atoms with Crippen LogP contribution < -0.4 is 10.2 Å². The van der Waals surface area contributed by atoms with E-state index in [1.807, 2.05) is 0 Å². The first-order chi connectivity index (χ1) is 11.0. The van der Waals surface area contributed by atoms with E-state index in [2.05, 4.69) is 37.9 Å². The van der Waals surface area contributed by atoms with Crippen molar-refractivity contribution >= 4 is 11.5 Å². The molecule has 0 radical (unpaired) electrons. The van der Waals surface area contributed by atoms with Gasteiger partial charge in [0.25, 0.3) is 0 Å². The zero-order valence-corrected chi connectivity index (χ0v) is 14.7. The first kappa shape index (κ1) is 15.2. The number of morpholine rings is 1. The third kappa shape index (κ3) is 2.49. The van der Waals surface area contributed by atoms with E-state index in [-0.39, 0.29) is 0 Å². The van der Waals surface area contributed by atoms with Crippen molar-refractivity contribution < 1.29 is 4.74 Å². The van der Waals surface area contributed by atoms with Crippen molar-refractivity contribution in [1.82, 2.24) is 9.97 Å². The van der Waals surface area contributed by atoms with Gasteiger partial charge in [-0.3, -0.25) is 0 Å². The van der Waals surface area contributed by atoms with Gasteiger partial charge >= 0.3 is 0 Å². The maximum Gasteiger partial charge on any atom is 0.156 e. The van der Waals surface area contributed by atoms with E-state index < -0.39 is 0 Å². The van der Waals surface area contributed by atoms with E-state index in [1.165, 1.54) is 12.8 Å². The molecule has 3 atom stereocenters. The maximum absolute atomic E-state index is 6.18. The average molecular weight is 316 g/mol. The van der Waals surface area contributed by atoms with Crippen molar-refractivity contribution in [3.8, 4) is 0 Å². The van der Waals surface area contributed by atoms with E-state index in [4.69, 9.17) is 14.7 Å². The summed E-state index contributed by atoms with van der Waals surface area (Å²) in [4.78, 5) is 12.4. The van der Waals surface area contributed by atoms with Gasteiger partial charge in [0, 0.05) is 19.0 Å². The first-order valence-electron chi connectivity index (χ1n) is 9.12. The molecule has 0 aliphatic carbocycles. The lowest BCUT2D eigenvalue weighted by molar-refractivity contribution is 0.00376. The van der Waals surface area contributed by atoms with Crippen molar-refractivity contribution in [3.05, 3.63) is 11.5 Å². The molecule has 1 N–H and O–H groups in total. The molecule has 5 heteroatoms. The topological polar surface area (TPSA) is 50.3 Å². The molecule has 5 nitrogen and oxygen atoms in total. The Kier molecular flexibility index (Phi) is 3.71. The lowest BCUT2D eigenvalue weighted by Gasteiger charge is -2.40. The van der Waals surface area contributed by atoms with Gasteiger partial charge in [0.1, 0.15) is 5.82 Å². The smallest absolute Gasteiger partial charge is 0.156 e. The van der Waals surface area contributed by atoms with Gasteiger partial charge in [-0.05, 0) is 25.2 Å². The zero-order chi connectivity index (χ0) is 16.1. The van der Waals surface area contributed by atoms with Crippen LogP contribution in [0.15, 0.2) is 0 Å². The maximum atomic E-state index is 6.18. The normalized spacial score (nSPS) is 29.3. The van der Waals surface area contributed by atoms with E-state index >= 15 is 0 Å². The van der Waals surface area contributed by atoms with Crippen LogP contribution in [0.5, 0.6) is 0 Å². The summed E-state index contributed by atoms with van der Waals surface area (Å²) in [6.45, 7) is 10.7. The van der Waals surface area contributed by atoms with Crippen LogP contribution in [0.4, 0.5) is 11.5 Å². The Morgan fingerprint density at radius 1 is 1.09 bits per heavy atom. The van der Waals surface area contributed by atoms with E-state index in [1.54, 1.807) is 0 Å². The van der Waals surface area contributed by atoms with Gasteiger partial charge in [0.15, 0.2) is 5.82 Å². The Bertz CT molecular complexity index is 601. The molecule has 126 valence electrons. The highest BCUT2D eigenvalue weighted by Crippen LogP contribution is 2.41. The van der Waals surface area contributed by atoms with Gasteiger partial charge in [-0.1, -0.05) is 27.7 Å². The van der Waals surface area contributed by atoms with Gasteiger partial charge in [-0.2, -0.15) is 0 Å². The Balaban J connectivity index is 1.84. The second-order valence-corrected chi connectivity index (χ2v) is 7.78. The number of anilines is 2. The van der Waals surface area contributed by atoms with Crippen LogP contribution in [0.1, 0.15) is 70.3 Å². The minimum atomic E-state index is 0.345. The molecule has 2 fully saturated rings. The third-order valence-corrected chi connectivity index (χ3v) is 5.38. The SMILES string of the molecule is CC(C)c1nc(C(C)C)c2c(n1)N1CC3CCC(O3)C1CCN2. The predicted molar refractivity (Wildman–Crippen MR) is 92.3 cm³/mol. The summed E-state index contributed by atoms with van der Waals surface area (Å²) in [6, 6.07) is 0.456. The number of nitrogens with one attached hydrogen (secondary N) is 1.